The summed E-state index contributed by atoms with van der Waals surface area (Å²) in [5.74, 6) is -1.80. The highest BCUT2D eigenvalue weighted by Gasteiger charge is 2.18. The van der Waals surface area contributed by atoms with Gasteiger partial charge in [-0.25, -0.2) is 9.18 Å². The first-order valence-electron chi connectivity index (χ1n) is 5.17. The van der Waals surface area contributed by atoms with Crippen LogP contribution in [-0.2, 0) is 9.53 Å². The molecule has 0 aliphatic rings. The molecule has 1 amide bonds. The number of esters is 1. The van der Waals surface area contributed by atoms with Gasteiger partial charge in [0.05, 0.1) is 0 Å². The highest BCUT2D eigenvalue weighted by molar-refractivity contribution is 7.20. The molecule has 0 radical (unpaired) electrons. The lowest BCUT2D eigenvalue weighted by atomic mass is 10.2. The molecule has 1 aromatic carbocycles. The number of ether oxygens (including phenoxy) is 1. The van der Waals surface area contributed by atoms with Gasteiger partial charge in [-0.2, -0.15) is 0 Å². The Labute approximate surface area is 106 Å². The lowest BCUT2D eigenvalue weighted by Crippen LogP contribution is -2.30. The zero-order chi connectivity index (χ0) is 13.3. The van der Waals surface area contributed by atoms with Gasteiger partial charge in [0.1, 0.15) is 10.7 Å². The Hall–Kier alpha value is -1.95. The molecule has 2 aromatic rings. The highest BCUT2D eigenvalue weighted by Crippen LogP contribution is 2.28. The lowest BCUT2D eigenvalue weighted by molar-refractivity contribution is -0.125. The standard InChI is InChI=1S/C12H10FNO3S/c1-6(11(14)15)17-12(16)10-5-7-8(13)3-2-4-9(7)18-10/h2-6H,1H3,(H2,14,15)/t6-/m0/s1. The summed E-state index contributed by atoms with van der Waals surface area (Å²) in [4.78, 5) is 22.7. The predicted molar refractivity (Wildman–Crippen MR) is 65.9 cm³/mol. The van der Waals surface area contributed by atoms with Crippen molar-refractivity contribution in [2.45, 2.75) is 13.0 Å². The van der Waals surface area contributed by atoms with E-state index < -0.39 is 23.8 Å². The summed E-state index contributed by atoms with van der Waals surface area (Å²) in [5.41, 5.74) is 4.99. The molecule has 6 heteroatoms. The van der Waals surface area contributed by atoms with E-state index in [1.54, 1.807) is 12.1 Å². The molecule has 0 saturated heterocycles. The van der Waals surface area contributed by atoms with Gasteiger partial charge in [0.2, 0.25) is 0 Å². The van der Waals surface area contributed by atoms with Crippen LogP contribution in [0.25, 0.3) is 10.1 Å². The molecule has 1 heterocycles. The Balaban J connectivity index is 2.29. The van der Waals surface area contributed by atoms with Crippen LogP contribution in [0.3, 0.4) is 0 Å². The monoisotopic (exact) mass is 267 g/mol. The van der Waals surface area contributed by atoms with E-state index in [2.05, 4.69) is 0 Å². The van der Waals surface area contributed by atoms with Crippen LogP contribution in [0.1, 0.15) is 16.6 Å². The second-order valence-electron chi connectivity index (χ2n) is 3.71. The van der Waals surface area contributed by atoms with Crippen LogP contribution >= 0.6 is 11.3 Å². The molecule has 0 aliphatic heterocycles. The molecular weight excluding hydrogens is 257 g/mol. The number of carbonyl (C=O) groups excluding carboxylic acids is 2. The fraction of sp³-hybridized carbons (Fsp3) is 0.167. The first kappa shape index (κ1) is 12.5. The lowest BCUT2D eigenvalue weighted by Gasteiger charge is -2.07. The highest BCUT2D eigenvalue weighted by atomic mass is 32.1. The molecule has 4 nitrogen and oxygen atoms in total. The number of carbonyl (C=O) groups is 2. The smallest absolute Gasteiger partial charge is 0.349 e. The second-order valence-corrected chi connectivity index (χ2v) is 4.80. The molecule has 0 bridgehead atoms. The molecule has 2 rings (SSSR count). The minimum absolute atomic E-state index is 0.239. The van der Waals surface area contributed by atoms with Crippen molar-refractivity contribution in [2.75, 3.05) is 0 Å². The van der Waals surface area contributed by atoms with Crippen molar-refractivity contribution in [3.63, 3.8) is 0 Å². The van der Waals surface area contributed by atoms with Crippen molar-refractivity contribution in [1.82, 2.24) is 0 Å². The first-order chi connectivity index (χ1) is 8.49. The maximum atomic E-state index is 13.4. The van der Waals surface area contributed by atoms with E-state index >= 15 is 0 Å². The molecule has 0 spiro atoms. The van der Waals surface area contributed by atoms with E-state index in [1.165, 1.54) is 19.1 Å². The summed E-state index contributed by atoms with van der Waals surface area (Å²) in [5, 5.41) is 0.362. The Morgan fingerprint density at radius 1 is 1.44 bits per heavy atom. The number of thiophene rings is 1. The van der Waals surface area contributed by atoms with E-state index in [1.807, 2.05) is 0 Å². The van der Waals surface area contributed by atoms with Crippen molar-refractivity contribution in [2.24, 2.45) is 5.73 Å². The van der Waals surface area contributed by atoms with Gasteiger partial charge in [-0.3, -0.25) is 4.79 Å². The van der Waals surface area contributed by atoms with Gasteiger partial charge in [0.15, 0.2) is 6.10 Å². The molecule has 1 aromatic heterocycles. The molecule has 0 fully saturated rings. The number of primary amides is 1. The average Bonchev–Trinajstić information content (AvgIpc) is 2.74. The summed E-state index contributed by atoms with van der Waals surface area (Å²) in [7, 11) is 0. The maximum Gasteiger partial charge on any atom is 0.349 e. The van der Waals surface area contributed by atoms with Crippen LogP contribution in [0, 0.1) is 5.82 Å². The molecule has 0 unspecified atom stereocenters. The minimum atomic E-state index is -1.01. The quantitative estimate of drug-likeness (QED) is 0.865. The first-order valence-corrected chi connectivity index (χ1v) is 5.99. The predicted octanol–water partition coefficient (Wildman–Crippen LogP) is 2.07. The summed E-state index contributed by atoms with van der Waals surface area (Å²) < 4.78 is 18.9. The largest absolute Gasteiger partial charge is 0.448 e. The zero-order valence-corrected chi connectivity index (χ0v) is 10.3. The minimum Gasteiger partial charge on any atom is -0.448 e. The number of rotatable bonds is 3. The number of nitrogens with two attached hydrogens (primary N) is 1. The summed E-state index contributed by atoms with van der Waals surface area (Å²) in [6.45, 7) is 1.38. The second kappa shape index (κ2) is 4.73. The summed E-state index contributed by atoms with van der Waals surface area (Å²) >= 11 is 1.11. The SMILES string of the molecule is C[C@H](OC(=O)c1cc2c(F)cccc2s1)C(N)=O. The third-order valence-corrected chi connectivity index (χ3v) is 3.47. The van der Waals surface area contributed by atoms with Gasteiger partial charge >= 0.3 is 5.97 Å². The Morgan fingerprint density at radius 2 is 2.17 bits per heavy atom. The molecule has 0 saturated carbocycles. The van der Waals surface area contributed by atoms with Gasteiger partial charge in [-0.15, -0.1) is 11.3 Å². The average molecular weight is 267 g/mol. The van der Waals surface area contributed by atoms with Gasteiger partial charge in [0.25, 0.3) is 5.91 Å². The van der Waals surface area contributed by atoms with Crippen molar-refractivity contribution in [3.05, 3.63) is 35.0 Å². The van der Waals surface area contributed by atoms with Gasteiger partial charge in [0, 0.05) is 10.1 Å². The number of benzene rings is 1. The number of halogens is 1. The van der Waals surface area contributed by atoms with E-state index in [-0.39, 0.29) is 4.88 Å². The third kappa shape index (κ3) is 2.33. The van der Waals surface area contributed by atoms with Gasteiger partial charge in [-0.05, 0) is 25.1 Å². The Morgan fingerprint density at radius 3 is 2.78 bits per heavy atom. The maximum absolute atomic E-state index is 13.4. The van der Waals surface area contributed by atoms with E-state index in [9.17, 15) is 14.0 Å². The van der Waals surface area contributed by atoms with Crippen LogP contribution in [0.4, 0.5) is 4.39 Å². The van der Waals surface area contributed by atoms with Crippen LogP contribution in [0.2, 0.25) is 0 Å². The number of hydrogen-bond donors (Lipinski definition) is 1. The number of amides is 1. The van der Waals surface area contributed by atoms with Gasteiger partial charge < -0.3 is 10.5 Å². The van der Waals surface area contributed by atoms with Crippen molar-refractivity contribution < 1.29 is 18.7 Å². The molecule has 2 N–H and O–H groups in total. The topological polar surface area (TPSA) is 69.4 Å². The molecular formula is C12H10FNO3S. The zero-order valence-electron chi connectivity index (χ0n) is 9.48. The van der Waals surface area contributed by atoms with Crippen molar-refractivity contribution in [3.8, 4) is 0 Å². The van der Waals surface area contributed by atoms with Crippen LogP contribution < -0.4 is 5.73 Å². The fourth-order valence-corrected chi connectivity index (χ4v) is 2.36. The Kier molecular flexibility index (Phi) is 3.29. The normalized spacial score (nSPS) is 12.3. The number of hydrogen-bond acceptors (Lipinski definition) is 4. The van der Waals surface area contributed by atoms with E-state index in [0.717, 1.165) is 11.3 Å². The third-order valence-electron chi connectivity index (χ3n) is 2.39. The molecule has 18 heavy (non-hydrogen) atoms. The van der Waals surface area contributed by atoms with Crippen LogP contribution in [0.15, 0.2) is 24.3 Å². The van der Waals surface area contributed by atoms with Crippen LogP contribution in [0.5, 0.6) is 0 Å². The molecule has 94 valence electrons. The van der Waals surface area contributed by atoms with E-state index in [4.69, 9.17) is 10.5 Å². The van der Waals surface area contributed by atoms with E-state index in [0.29, 0.717) is 10.1 Å². The van der Waals surface area contributed by atoms with Crippen molar-refractivity contribution in [1.29, 1.82) is 0 Å². The van der Waals surface area contributed by atoms with Gasteiger partial charge in [-0.1, -0.05) is 6.07 Å². The van der Waals surface area contributed by atoms with Crippen molar-refractivity contribution >= 4 is 33.3 Å². The molecule has 0 aliphatic carbocycles. The fourth-order valence-electron chi connectivity index (χ4n) is 1.40. The summed E-state index contributed by atoms with van der Waals surface area (Å²) in [6.07, 6.45) is -1.01. The number of fused-ring (bicyclic) bond motifs is 1. The summed E-state index contributed by atoms with van der Waals surface area (Å²) in [6, 6.07) is 5.99. The molecule has 1 atom stereocenters. The Bertz CT molecular complexity index is 623. The van der Waals surface area contributed by atoms with Crippen LogP contribution in [-0.4, -0.2) is 18.0 Å².